The van der Waals surface area contributed by atoms with Crippen molar-refractivity contribution < 1.29 is 4.74 Å². The molecule has 0 aliphatic carbocycles. The summed E-state index contributed by atoms with van der Waals surface area (Å²) in [7, 11) is 5.45. The maximum Gasteiger partial charge on any atom is 0.190 e. The molecule has 7 heteroatoms. The van der Waals surface area contributed by atoms with Gasteiger partial charge in [0.25, 0.3) is 0 Å². The second kappa shape index (κ2) is 11.8. The van der Waals surface area contributed by atoms with Gasteiger partial charge in [-0.05, 0) is 48.9 Å². The molecule has 0 aliphatic heterocycles. The zero-order chi connectivity index (χ0) is 18.1. The molecule has 0 unspecified atom stereocenters. The number of aliphatic imine (C=N–C) groups is 1. The van der Waals surface area contributed by atoms with Crippen LogP contribution in [0.25, 0.3) is 0 Å². The Bertz CT molecular complexity index is 699. The standard InChI is InChI=1S/C19H29N5O.HI/c1-15-7-8-16(12-18(15)25-4)9-11-22-19(20-2)21-10-5-6-17-13-23-24(3)14-17;/h7-8,12-14H,5-6,9-11H2,1-4H3,(H2,20,21,22);1H. The fourth-order valence-electron chi connectivity index (χ4n) is 2.67. The van der Waals surface area contributed by atoms with Crippen LogP contribution >= 0.6 is 24.0 Å². The zero-order valence-corrected chi connectivity index (χ0v) is 18.4. The number of nitrogens with zero attached hydrogens (tertiary/aromatic N) is 3. The number of aryl methyl sites for hydroxylation is 3. The van der Waals surface area contributed by atoms with E-state index in [2.05, 4.69) is 52.0 Å². The van der Waals surface area contributed by atoms with Gasteiger partial charge in [0, 0.05) is 33.4 Å². The van der Waals surface area contributed by atoms with E-state index >= 15 is 0 Å². The first-order valence-corrected chi connectivity index (χ1v) is 8.68. The molecule has 2 rings (SSSR count). The van der Waals surface area contributed by atoms with Gasteiger partial charge in [0.05, 0.1) is 13.3 Å². The highest BCUT2D eigenvalue weighted by molar-refractivity contribution is 14.0. The number of methoxy groups -OCH3 is 1. The van der Waals surface area contributed by atoms with Gasteiger partial charge in [0.15, 0.2) is 5.96 Å². The fourth-order valence-corrected chi connectivity index (χ4v) is 2.67. The molecule has 0 atom stereocenters. The Kier molecular flexibility index (Phi) is 10.1. The molecule has 0 amide bonds. The molecule has 0 aliphatic rings. The number of benzene rings is 1. The van der Waals surface area contributed by atoms with Crippen LogP contribution in [0, 0.1) is 6.92 Å². The zero-order valence-electron chi connectivity index (χ0n) is 16.1. The van der Waals surface area contributed by atoms with E-state index in [1.54, 1.807) is 14.2 Å². The molecule has 2 N–H and O–H groups in total. The minimum absolute atomic E-state index is 0. The van der Waals surface area contributed by atoms with Gasteiger partial charge in [0.2, 0.25) is 0 Å². The number of guanidine groups is 1. The predicted octanol–water partition coefficient (Wildman–Crippen LogP) is 2.70. The minimum Gasteiger partial charge on any atom is -0.496 e. The van der Waals surface area contributed by atoms with Gasteiger partial charge in [0.1, 0.15) is 5.75 Å². The molecule has 1 aromatic heterocycles. The van der Waals surface area contributed by atoms with Crippen LogP contribution in [0.2, 0.25) is 0 Å². The fraction of sp³-hybridized carbons (Fsp3) is 0.474. The number of nitrogens with one attached hydrogen (secondary N) is 2. The Morgan fingerprint density at radius 3 is 2.62 bits per heavy atom. The van der Waals surface area contributed by atoms with Crippen molar-refractivity contribution in [3.05, 3.63) is 47.3 Å². The van der Waals surface area contributed by atoms with Crippen LogP contribution < -0.4 is 15.4 Å². The topological polar surface area (TPSA) is 63.5 Å². The molecule has 2 aromatic rings. The lowest BCUT2D eigenvalue weighted by molar-refractivity contribution is 0.411. The lowest BCUT2D eigenvalue weighted by Gasteiger charge is -2.12. The second-order valence-corrected chi connectivity index (χ2v) is 6.11. The van der Waals surface area contributed by atoms with Crippen molar-refractivity contribution >= 4 is 29.9 Å². The minimum atomic E-state index is 0. The number of halogens is 1. The van der Waals surface area contributed by atoms with Crippen LogP contribution in [0.5, 0.6) is 5.75 Å². The maximum absolute atomic E-state index is 5.38. The van der Waals surface area contributed by atoms with E-state index in [0.29, 0.717) is 0 Å². The predicted molar refractivity (Wildman–Crippen MR) is 118 cm³/mol. The third kappa shape index (κ3) is 7.23. The van der Waals surface area contributed by atoms with Crippen molar-refractivity contribution in [2.24, 2.45) is 12.0 Å². The lowest BCUT2D eigenvalue weighted by Crippen LogP contribution is -2.38. The Morgan fingerprint density at radius 2 is 1.96 bits per heavy atom. The van der Waals surface area contributed by atoms with Gasteiger partial charge in [-0.15, -0.1) is 24.0 Å². The molecule has 1 heterocycles. The summed E-state index contributed by atoms with van der Waals surface area (Å²) in [6.07, 6.45) is 6.96. The van der Waals surface area contributed by atoms with Gasteiger partial charge >= 0.3 is 0 Å². The van der Waals surface area contributed by atoms with E-state index in [0.717, 1.165) is 49.6 Å². The summed E-state index contributed by atoms with van der Waals surface area (Å²) in [6, 6.07) is 6.34. The molecule has 6 nitrogen and oxygen atoms in total. The molecule has 144 valence electrons. The summed E-state index contributed by atoms with van der Waals surface area (Å²) in [4.78, 5) is 4.27. The van der Waals surface area contributed by atoms with E-state index in [9.17, 15) is 0 Å². The monoisotopic (exact) mass is 471 g/mol. The normalized spacial score (nSPS) is 11.0. The van der Waals surface area contributed by atoms with Gasteiger partial charge < -0.3 is 15.4 Å². The average molecular weight is 471 g/mol. The molecule has 26 heavy (non-hydrogen) atoms. The van der Waals surface area contributed by atoms with Gasteiger partial charge in [-0.3, -0.25) is 9.67 Å². The smallest absolute Gasteiger partial charge is 0.190 e. The van der Waals surface area contributed by atoms with Gasteiger partial charge in [-0.25, -0.2) is 0 Å². The van der Waals surface area contributed by atoms with Crippen molar-refractivity contribution in [3.8, 4) is 5.75 Å². The summed E-state index contributed by atoms with van der Waals surface area (Å²) in [6.45, 7) is 3.76. The van der Waals surface area contributed by atoms with E-state index in [1.807, 2.05) is 17.9 Å². The molecular formula is C19H30IN5O. The number of hydrogen-bond acceptors (Lipinski definition) is 3. The van der Waals surface area contributed by atoms with E-state index in [4.69, 9.17) is 4.74 Å². The highest BCUT2D eigenvalue weighted by atomic mass is 127. The summed E-state index contributed by atoms with van der Waals surface area (Å²) >= 11 is 0. The van der Waals surface area contributed by atoms with Crippen molar-refractivity contribution in [1.29, 1.82) is 0 Å². The largest absolute Gasteiger partial charge is 0.496 e. The Labute approximate surface area is 173 Å². The highest BCUT2D eigenvalue weighted by Gasteiger charge is 2.02. The number of rotatable bonds is 8. The first-order chi connectivity index (χ1) is 12.1. The van der Waals surface area contributed by atoms with Crippen molar-refractivity contribution in [1.82, 2.24) is 20.4 Å². The van der Waals surface area contributed by atoms with Crippen molar-refractivity contribution in [2.45, 2.75) is 26.2 Å². The Hall–Kier alpha value is -1.77. The molecule has 1 aromatic carbocycles. The molecule has 0 saturated carbocycles. The number of hydrogen-bond donors (Lipinski definition) is 2. The SMILES string of the molecule is CN=C(NCCCc1cnn(C)c1)NCCc1ccc(C)c(OC)c1.I. The summed E-state index contributed by atoms with van der Waals surface area (Å²) < 4.78 is 7.21. The first-order valence-electron chi connectivity index (χ1n) is 8.68. The van der Waals surface area contributed by atoms with E-state index < -0.39 is 0 Å². The van der Waals surface area contributed by atoms with E-state index in [1.165, 1.54) is 11.1 Å². The summed E-state index contributed by atoms with van der Waals surface area (Å²) in [5.41, 5.74) is 3.67. The second-order valence-electron chi connectivity index (χ2n) is 6.11. The maximum atomic E-state index is 5.38. The Balaban J connectivity index is 0.00000338. The molecule has 0 spiro atoms. The van der Waals surface area contributed by atoms with Crippen LogP contribution in [-0.4, -0.2) is 43.0 Å². The van der Waals surface area contributed by atoms with Gasteiger partial charge in [-0.1, -0.05) is 12.1 Å². The third-order valence-electron chi connectivity index (χ3n) is 4.10. The van der Waals surface area contributed by atoms with Crippen molar-refractivity contribution in [3.63, 3.8) is 0 Å². The van der Waals surface area contributed by atoms with Crippen LogP contribution in [0.4, 0.5) is 0 Å². The average Bonchev–Trinajstić information content (AvgIpc) is 3.03. The van der Waals surface area contributed by atoms with Crippen LogP contribution in [0.3, 0.4) is 0 Å². The third-order valence-corrected chi connectivity index (χ3v) is 4.10. The molecule has 0 radical (unpaired) electrons. The van der Waals surface area contributed by atoms with Crippen LogP contribution in [0.15, 0.2) is 35.6 Å². The molecule has 0 bridgehead atoms. The summed E-state index contributed by atoms with van der Waals surface area (Å²) in [5, 5.41) is 10.9. The quantitative estimate of drug-likeness (QED) is 0.269. The lowest BCUT2D eigenvalue weighted by atomic mass is 10.1. The molecule has 0 saturated heterocycles. The van der Waals surface area contributed by atoms with Crippen LogP contribution in [0.1, 0.15) is 23.1 Å². The van der Waals surface area contributed by atoms with E-state index in [-0.39, 0.29) is 24.0 Å². The van der Waals surface area contributed by atoms with Crippen LogP contribution in [-0.2, 0) is 19.9 Å². The number of aromatic nitrogens is 2. The highest BCUT2D eigenvalue weighted by Crippen LogP contribution is 2.18. The first kappa shape index (κ1) is 22.3. The van der Waals surface area contributed by atoms with Crippen molar-refractivity contribution in [2.75, 3.05) is 27.2 Å². The summed E-state index contributed by atoms with van der Waals surface area (Å²) in [5.74, 6) is 1.78. The Morgan fingerprint density at radius 1 is 1.19 bits per heavy atom. The van der Waals surface area contributed by atoms with Gasteiger partial charge in [-0.2, -0.15) is 5.10 Å². The molecule has 0 fully saturated rings. The molecular weight excluding hydrogens is 441 g/mol. The number of ether oxygens (including phenoxy) is 1.